The van der Waals surface area contributed by atoms with Crippen molar-refractivity contribution in [3.8, 4) is 6.07 Å². The first-order valence-corrected chi connectivity index (χ1v) is 8.71. The minimum Gasteiger partial charge on any atom is -0.428 e. The van der Waals surface area contributed by atoms with Crippen LogP contribution in [0.2, 0.25) is 5.02 Å². The number of nitriles is 1. The number of ketones is 1. The summed E-state index contributed by atoms with van der Waals surface area (Å²) in [5.41, 5.74) is 6.55. The Labute approximate surface area is 166 Å². The minimum atomic E-state index is -1.02. The fraction of sp³-hybridized carbons (Fsp3) is 0.200. The Kier molecular flexibility index (Phi) is 5.43. The van der Waals surface area contributed by atoms with Gasteiger partial charge in [-0.05, 0) is 36.8 Å². The molecule has 1 aliphatic heterocycles. The molecule has 2 N–H and O–H groups in total. The van der Waals surface area contributed by atoms with Crippen LogP contribution in [0.25, 0.3) is 0 Å². The number of allylic oxidation sites excluding steroid dienone is 1. The number of carbonyl (C=O) groups is 1. The van der Waals surface area contributed by atoms with Gasteiger partial charge in [0.2, 0.25) is 0 Å². The molecule has 0 bridgehead atoms. The molecule has 1 atom stereocenters. The van der Waals surface area contributed by atoms with Gasteiger partial charge in [0.1, 0.15) is 29.7 Å². The lowest BCUT2D eigenvalue weighted by Gasteiger charge is -2.28. The molecule has 0 radical (unpaired) electrons. The summed E-state index contributed by atoms with van der Waals surface area (Å²) in [6, 6.07) is 9.97. The summed E-state index contributed by atoms with van der Waals surface area (Å²) in [7, 11) is 0. The van der Waals surface area contributed by atoms with Crippen molar-refractivity contribution in [2.45, 2.75) is 18.9 Å². The molecule has 0 aliphatic carbocycles. The highest BCUT2D eigenvalue weighted by Crippen LogP contribution is 2.36. The molecule has 0 amide bonds. The number of aromatic nitrogens is 1. The van der Waals surface area contributed by atoms with Crippen LogP contribution in [0.5, 0.6) is 0 Å². The number of carbonyl (C=O) groups excluding carboxylic acids is 1. The van der Waals surface area contributed by atoms with E-state index >= 15 is 0 Å². The first-order chi connectivity index (χ1) is 13.3. The molecular formula is C20H16ClFN4O2. The van der Waals surface area contributed by atoms with Crippen molar-refractivity contribution in [2.75, 3.05) is 6.67 Å². The Morgan fingerprint density at radius 2 is 2.18 bits per heavy atom. The molecule has 2 heterocycles. The van der Waals surface area contributed by atoms with Crippen molar-refractivity contribution in [1.29, 1.82) is 5.26 Å². The van der Waals surface area contributed by atoms with E-state index in [0.717, 1.165) is 0 Å². The average Bonchev–Trinajstić information content (AvgIpc) is 2.68. The second kappa shape index (κ2) is 7.79. The van der Waals surface area contributed by atoms with Gasteiger partial charge in [0, 0.05) is 23.2 Å². The van der Waals surface area contributed by atoms with Crippen LogP contribution in [-0.4, -0.2) is 23.5 Å². The molecule has 142 valence electrons. The van der Waals surface area contributed by atoms with Crippen LogP contribution in [0.1, 0.15) is 34.1 Å². The van der Waals surface area contributed by atoms with Gasteiger partial charge in [-0.1, -0.05) is 23.7 Å². The van der Waals surface area contributed by atoms with E-state index in [9.17, 15) is 9.18 Å². The molecule has 0 saturated carbocycles. The Hall–Kier alpha value is -3.24. The summed E-state index contributed by atoms with van der Waals surface area (Å²) < 4.78 is 18.1. The molecule has 0 saturated heterocycles. The standard InChI is InChI=1S/C20H16ClFN4O2/c1-20(8-14(9-22)28-19(24)26-20)15-6-12(2-4-16(15)21)7-18(27)17-5-3-13(10-23)11-25-17/h2-6,8,11H,7,9H2,1H3,(H2,24,26)/t20-/m0/s1. The van der Waals surface area contributed by atoms with Gasteiger partial charge in [-0.15, -0.1) is 0 Å². The maximum atomic E-state index is 13.1. The molecule has 0 fully saturated rings. The second-order valence-corrected chi connectivity index (χ2v) is 6.81. The van der Waals surface area contributed by atoms with Crippen LogP contribution in [0.15, 0.2) is 53.4 Å². The maximum absolute atomic E-state index is 13.1. The van der Waals surface area contributed by atoms with Crippen LogP contribution in [0, 0.1) is 11.3 Å². The Morgan fingerprint density at radius 1 is 1.39 bits per heavy atom. The molecule has 6 nitrogen and oxygen atoms in total. The van der Waals surface area contributed by atoms with Crippen molar-refractivity contribution in [1.82, 2.24) is 4.98 Å². The highest BCUT2D eigenvalue weighted by Gasteiger charge is 2.31. The van der Waals surface area contributed by atoms with Crippen molar-refractivity contribution in [3.63, 3.8) is 0 Å². The number of alkyl halides is 1. The zero-order valence-electron chi connectivity index (χ0n) is 14.9. The first-order valence-electron chi connectivity index (χ1n) is 8.34. The van der Waals surface area contributed by atoms with Gasteiger partial charge in [0.15, 0.2) is 5.78 Å². The number of hydrogen-bond acceptors (Lipinski definition) is 6. The zero-order chi connectivity index (χ0) is 20.3. The molecule has 0 unspecified atom stereocenters. The van der Waals surface area contributed by atoms with E-state index in [4.69, 9.17) is 27.3 Å². The van der Waals surface area contributed by atoms with E-state index in [1.807, 2.05) is 6.07 Å². The molecule has 28 heavy (non-hydrogen) atoms. The third-order valence-electron chi connectivity index (χ3n) is 4.27. The third kappa shape index (κ3) is 4.02. The van der Waals surface area contributed by atoms with Crippen molar-refractivity contribution >= 4 is 23.4 Å². The molecule has 1 aliphatic rings. The predicted molar refractivity (Wildman–Crippen MR) is 103 cm³/mol. The molecule has 1 aromatic heterocycles. The Bertz CT molecular complexity index is 1030. The van der Waals surface area contributed by atoms with Crippen molar-refractivity contribution in [2.24, 2.45) is 10.7 Å². The lowest BCUT2D eigenvalue weighted by molar-refractivity contribution is 0.0988. The molecule has 3 rings (SSSR count). The van der Waals surface area contributed by atoms with Gasteiger partial charge in [-0.25, -0.2) is 9.38 Å². The first kappa shape index (κ1) is 19.5. The van der Waals surface area contributed by atoms with E-state index in [1.54, 1.807) is 25.1 Å². The lowest BCUT2D eigenvalue weighted by atomic mass is 9.89. The van der Waals surface area contributed by atoms with Crippen LogP contribution in [0.4, 0.5) is 4.39 Å². The fourth-order valence-corrected chi connectivity index (χ4v) is 3.25. The van der Waals surface area contributed by atoms with E-state index in [1.165, 1.54) is 24.4 Å². The van der Waals surface area contributed by atoms with Gasteiger partial charge in [-0.3, -0.25) is 9.78 Å². The normalized spacial score (nSPS) is 18.5. The van der Waals surface area contributed by atoms with Crippen molar-refractivity contribution in [3.05, 3.63) is 75.8 Å². The largest absolute Gasteiger partial charge is 0.428 e. The van der Waals surface area contributed by atoms with E-state index in [-0.39, 0.29) is 29.7 Å². The SMILES string of the molecule is C[C@@]1(c2cc(CC(=O)c3ccc(C#N)cn3)ccc2Cl)C=C(CF)OC(N)=N1. The van der Waals surface area contributed by atoms with Gasteiger partial charge in [-0.2, -0.15) is 5.26 Å². The number of aliphatic imine (C=N–C) groups is 1. The summed E-state index contributed by atoms with van der Waals surface area (Å²) in [5.74, 6) is -0.160. The summed E-state index contributed by atoms with van der Waals surface area (Å²) in [5, 5.41) is 9.22. The third-order valence-corrected chi connectivity index (χ3v) is 4.60. The average molecular weight is 399 g/mol. The quantitative estimate of drug-likeness (QED) is 0.777. The van der Waals surface area contributed by atoms with Crippen LogP contribution < -0.4 is 5.73 Å². The minimum absolute atomic E-state index is 0.0503. The van der Waals surface area contributed by atoms with E-state index < -0.39 is 12.2 Å². The van der Waals surface area contributed by atoms with E-state index in [0.29, 0.717) is 21.7 Å². The number of rotatable bonds is 5. The Morgan fingerprint density at radius 3 is 2.82 bits per heavy atom. The van der Waals surface area contributed by atoms with Gasteiger partial charge >= 0.3 is 0 Å². The smallest absolute Gasteiger partial charge is 0.288 e. The second-order valence-electron chi connectivity index (χ2n) is 6.40. The van der Waals surface area contributed by atoms with Gasteiger partial charge in [0.05, 0.1) is 5.56 Å². The number of pyridine rings is 1. The number of nitrogens with two attached hydrogens (primary N) is 1. The predicted octanol–water partition coefficient (Wildman–Crippen LogP) is 3.45. The van der Waals surface area contributed by atoms with Gasteiger partial charge < -0.3 is 10.5 Å². The molecular weight excluding hydrogens is 383 g/mol. The topological polar surface area (TPSA) is 101 Å². The van der Waals surface area contributed by atoms with Crippen LogP contribution >= 0.6 is 11.6 Å². The molecule has 0 spiro atoms. The summed E-state index contributed by atoms with van der Waals surface area (Å²) >= 11 is 6.34. The number of hydrogen-bond donors (Lipinski definition) is 1. The summed E-state index contributed by atoms with van der Waals surface area (Å²) in [4.78, 5) is 20.8. The number of Topliss-reactive ketones (excluding diaryl/α,β-unsaturated/α-hetero) is 1. The van der Waals surface area contributed by atoms with Crippen LogP contribution in [0.3, 0.4) is 0 Å². The van der Waals surface area contributed by atoms with Gasteiger partial charge in [0.25, 0.3) is 6.02 Å². The summed E-state index contributed by atoms with van der Waals surface area (Å²) in [6.07, 6.45) is 2.94. The highest BCUT2D eigenvalue weighted by molar-refractivity contribution is 6.31. The monoisotopic (exact) mass is 398 g/mol. The maximum Gasteiger partial charge on any atom is 0.288 e. The molecule has 8 heteroatoms. The number of halogens is 2. The molecule has 1 aromatic carbocycles. The van der Waals surface area contributed by atoms with Crippen LogP contribution in [-0.2, 0) is 16.7 Å². The highest BCUT2D eigenvalue weighted by atomic mass is 35.5. The lowest BCUT2D eigenvalue weighted by Crippen LogP contribution is -2.30. The zero-order valence-corrected chi connectivity index (χ0v) is 15.7. The number of benzene rings is 1. The number of nitrogens with zero attached hydrogens (tertiary/aromatic N) is 3. The number of ether oxygens (including phenoxy) is 1. The van der Waals surface area contributed by atoms with E-state index in [2.05, 4.69) is 9.98 Å². The molecule has 2 aromatic rings. The summed E-state index contributed by atoms with van der Waals surface area (Å²) in [6.45, 7) is 0.902. The fourth-order valence-electron chi connectivity index (χ4n) is 2.94. The number of amidine groups is 1. The van der Waals surface area contributed by atoms with Crippen molar-refractivity contribution < 1.29 is 13.9 Å². The Balaban J connectivity index is 1.91.